The highest BCUT2D eigenvalue weighted by atomic mass is 32.1. The van der Waals surface area contributed by atoms with E-state index >= 15 is 4.79 Å². The first-order valence-electron chi connectivity index (χ1n) is 21.3. The van der Waals surface area contributed by atoms with E-state index in [1.807, 2.05) is 76.9 Å². The van der Waals surface area contributed by atoms with Gasteiger partial charge in [0.2, 0.25) is 17.7 Å². The number of carbonyl (C=O) groups excluding carboxylic acids is 5. The molecule has 1 aliphatic heterocycles. The van der Waals surface area contributed by atoms with Crippen LogP contribution >= 0.6 is 11.3 Å². The molecule has 1 saturated heterocycles. The molecule has 2 aromatic rings. The Hall–Kier alpha value is -4.37. The van der Waals surface area contributed by atoms with Crippen molar-refractivity contribution in [1.29, 1.82) is 0 Å². The third-order valence-corrected chi connectivity index (χ3v) is 12.3. The fourth-order valence-electron chi connectivity index (χ4n) is 7.55. The van der Waals surface area contributed by atoms with Gasteiger partial charge in [-0.2, -0.15) is 0 Å². The SMILES string of the molecule is CCCCNC(=O)C(C)N(C(=O)[C@@H](NC(=O)[C@H]1CCCCN1C)[C@@H](C)CC)[C@@H](C[C@@H](OC(C)=O)c1nc(C(=O)N[C@H](Cc2ccccc2)C[C@H](C)C(=O)O)cs1)C(C)C. The number of ether oxygens (including phenoxy) is 1. The van der Waals surface area contributed by atoms with Gasteiger partial charge in [-0.15, -0.1) is 11.3 Å². The van der Waals surface area contributed by atoms with Crippen molar-refractivity contribution in [2.45, 2.75) is 149 Å². The minimum atomic E-state index is -0.989. The summed E-state index contributed by atoms with van der Waals surface area (Å²) in [4.78, 5) is 89.0. The van der Waals surface area contributed by atoms with Gasteiger partial charge in [0.1, 0.15) is 22.8 Å². The van der Waals surface area contributed by atoms with Crippen molar-refractivity contribution in [3.63, 3.8) is 0 Å². The summed E-state index contributed by atoms with van der Waals surface area (Å²) in [6.45, 7) is 15.5. The molecule has 14 nitrogen and oxygen atoms in total. The first-order chi connectivity index (χ1) is 28.0. The van der Waals surface area contributed by atoms with E-state index in [4.69, 9.17) is 4.74 Å². The second kappa shape index (κ2) is 24.0. The zero-order valence-corrected chi connectivity index (χ0v) is 37.3. The zero-order valence-electron chi connectivity index (χ0n) is 36.5. The number of aliphatic carboxylic acids is 1. The number of carbonyl (C=O) groups is 6. The van der Waals surface area contributed by atoms with Crippen molar-refractivity contribution in [1.82, 2.24) is 30.7 Å². The average molecular weight is 841 g/mol. The highest BCUT2D eigenvalue weighted by Gasteiger charge is 2.42. The molecule has 0 saturated carbocycles. The molecule has 4 amide bonds. The number of rotatable bonds is 23. The summed E-state index contributed by atoms with van der Waals surface area (Å²) in [6.07, 6.45) is 4.51. The molecule has 59 heavy (non-hydrogen) atoms. The number of piperidine rings is 1. The number of carboxylic acids is 1. The molecule has 0 radical (unpaired) electrons. The van der Waals surface area contributed by atoms with E-state index < -0.39 is 59.9 Å². The third-order valence-electron chi connectivity index (χ3n) is 11.4. The van der Waals surface area contributed by atoms with E-state index in [-0.39, 0.29) is 48.2 Å². The number of thiazole rings is 1. The van der Waals surface area contributed by atoms with Crippen molar-refractivity contribution in [2.24, 2.45) is 17.8 Å². The smallest absolute Gasteiger partial charge is 0.306 e. The standard InChI is InChI=1S/C44H68N6O8S/c1-10-12-21-45-39(52)30(7)50(43(55)38(28(5)11-2)48-41(54)35-20-16-17-22-49(35)9)36(27(3)4)25-37(58-31(8)51)42-47-34(26-59-42)40(53)46-33(23-29(6)44(56)57)24-32-18-14-13-15-19-32/h13-15,18-19,26-30,33,35-38H,10-12,16-17,20-25H2,1-9H3,(H,45,52)(H,46,53)(H,48,54)(H,56,57)/t28-,29-,30?,33-,35+,36-,37+,38-/m0/s1. The van der Waals surface area contributed by atoms with Crippen LogP contribution in [0.4, 0.5) is 0 Å². The number of hydrogen-bond acceptors (Lipinski definition) is 10. The van der Waals surface area contributed by atoms with E-state index in [2.05, 4.69) is 20.9 Å². The van der Waals surface area contributed by atoms with E-state index in [1.54, 1.807) is 24.1 Å². The van der Waals surface area contributed by atoms with Crippen LogP contribution in [0.3, 0.4) is 0 Å². The molecule has 4 N–H and O–H groups in total. The Labute approximate surface area is 354 Å². The second-order valence-corrected chi connectivity index (χ2v) is 17.4. The van der Waals surface area contributed by atoms with Gasteiger partial charge in [-0.05, 0) is 70.0 Å². The lowest BCUT2D eigenvalue weighted by molar-refractivity contribution is -0.153. The van der Waals surface area contributed by atoms with Crippen LogP contribution in [0.2, 0.25) is 0 Å². The Kier molecular flexibility index (Phi) is 20.0. The number of likely N-dealkylation sites (tertiary alicyclic amines) is 1. The van der Waals surface area contributed by atoms with Crippen LogP contribution in [0.5, 0.6) is 0 Å². The number of nitrogens with zero attached hydrogens (tertiary/aromatic N) is 3. The predicted octanol–water partition coefficient (Wildman–Crippen LogP) is 5.76. The highest BCUT2D eigenvalue weighted by Crippen LogP contribution is 2.33. The number of likely N-dealkylation sites (N-methyl/N-ethyl adjacent to an activating group) is 1. The molecule has 3 rings (SSSR count). The van der Waals surface area contributed by atoms with Gasteiger partial charge in [0.15, 0.2) is 6.10 Å². The molecule has 15 heteroatoms. The number of benzene rings is 1. The van der Waals surface area contributed by atoms with E-state index in [0.717, 1.165) is 49.1 Å². The van der Waals surface area contributed by atoms with Crippen LogP contribution in [-0.4, -0.2) is 106 Å². The molecule has 1 aromatic heterocycles. The van der Waals surface area contributed by atoms with Gasteiger partial charge in [-0.1, -0.05) is 91.1 Å². The molecule has 328 valence electrons. The molecule has 0 spiro atoms. The number of nitrogens with one attached hydrogen (secondary N) is 3. The van der Waals surface area contributed by atoms with Crippen molar-refractivity contribution in [2.75, 3.05) is 20.1 Å². The molecule has 1 fully saturated rings. The van der Waals surface area contributed by atoms with Crippen molar-refractivity contribution in [3.8, 4) is 0 Å². The number of amides is 4. The Morgan fingerprint density at radius 1 is 1.00 bits per heavy atom. The highest BCUT2D eigenvalue weighted by molar-refractivity contribution is 7.09. The lowest BCUT2D eigenvalue weighted by atomic mass is 9.90. The van der Waals surface area contributed by atoms with Crippen LogP contribution in [0, 0.1) is 17.8 Å². The quantitative estimate of drug-likeness (QED) is 0.0792. The Balaban J connectivity index is 2.00. The van der Waals surface area contributed by atoms with Crippen LogP contribution in [0.25, 0.3) is 0 Å². The van der Waals surface area contributed by atoms with Crippen LogP contribution in [0.15, 0.2) is 35.7 Å². The number of hydrogen-bond donors (Lipinski definition) is 4. The molecular weight excluding hydrogens is 773 g/mol. The summed E-state index contributed by atoms with van der Waals surface area (Å²) in [6, 6.07) is 6.06. The minimum Gasteiger partial charge on any atom is -0.481 e. The molecule has 0 aliphatic carbocycles. The Morgan fingerprint density at radius 2 is 1.69 bits per heavy atom. The molecular formula is C44H68N6O8S. The summed E-state index contributed by atoms with van der Waals surface area (Å²) < 4.78 is 5.88. The van der Waals surface area contributed by atoms with Crippen LogP contribution < -0.4 is 16.0 Å². The molecule has 1 aromatic carbocycles. The first-order valence-corrected chi connectivity index (χ1v) is 22.2. The van der Waals surface area contributed by atoms with Gasteiger partial charge in [-0.25, -0.2) is 4.98 Å². The first kappa shape index (κ1) is 49.0. The van der Waals surface area contributed by atoms with Crippen molar-refractivity contribution < 1.29 is 38.6 Å². The number of unbranched alkanes of at least 4 members (excludes halogenated alkanes) is 1. The molecule has 1 unspecified atom stereocenters. The summed E-state index contributed by atoms with van der Waals surface area (Å²) in [5.41, 5.74) is 1.01. The van der Waals surface area contributed by atoms with Crippen LogP contribution in [0.1, 0.15) is 134 Å². The lowest BCUT2D eigenvalue weighted by Gasteiger charge is -2.42. The maximum absolute atomic E-state index is 15.1. The Morgan fingerprint density at radius 3 is 2.29 bits per heavy atom. The molecule has 8 atom stereocenters. The summed E-state index contributed by atoms with van der Waals surface area (Å²) in [7, 11) is 1.92. The predicted molar refractivity (Wildman–Crippen MR) is 229 cm³/mol. The zero-order chi connectivity index (χ0) is 43.8. The van der Waals surface area contributed by atoms with E-state index in [1.165, 1.54) is 6.92 Å². The average Bonchev–Trinajstić information content (AvgIpc) is 3.70. The van der Waals surface area contributed by atoms with Gasteiger partial charge in [0.05, 0.1) is 12.0 Å². The van der Waals surface area contributed by atoms with Gasteiger partial charge < -0.3 is 30.7 Å². The monoisotopic (exact) mass is 840 g/mol. The molecule has 1 aliphatic rings. The lowest BCUT2D eigenvalue weighted by Crippen LogP contribution is -2.62. The topological polar surface area (TPSA) is 187 Å². The fraction of sp³-hybridized carbons (Fsp3) is 0.659. The number of carboxylic acid groups (broad SMARTS) is 1. The fourth-order valence-corrected chi connectivity index (χ4v) is 8.39. The summed E-state index contributed by atoms with van der Waals surface area (Å²) >= 11 is 1.13. The van der Waals surface area contributed by atoms with E-state index in [0.29, 0.717) is 30.8 Å². The van der Waals surface area contributed by atoms with Gasteiger partial charge in [-0.3, -0.25) is 33.7 Å². The summed E-state index contributed by atoms with van der Waals surface area (Å²) in [5.74, 6) is -4.24. The normalized spacial score (nSPS) is 18.0. The number of aromatic nitrogens is 1. The maximum Gasteiger partial charge on any atom is 0.306 e. The van der Waals surface area contributed by atoms with Gasteiger partial charge in [0, 0.05) is 37.4 Å². The molecule has 2 heterocycles. The van der Waals surface area contributed by atoms with Crippen LogP contribution in [-0.2, 0) is 35.1 Å². The third kappa shape index (κ3) is 14.7. The Bertz CT molecular complexity index is 1690. The molecule has 0 bridgehead atoms. The van der Waals surface area contributed by atoms with Gasteiger partial charge in [0.25, 0.3) is 5.91 Å². The van der Waals surface area contributed by atoms with Gasteiger partial charge >= 0.3 is 11.9 Å². The van der Waals surface area contributed by atoms with Crippen molar-refractivity contribution >= 4 is 46.9 Å². The largest absolute Gasteiger partial charge is 0.481 e. The number of esters is 1. The summed E-state index contributed by atoms with van der Waals surface area (Å²) in [5, 5.41) is 20.6. The van der Waals surface area contributed by atoms with Crippen molar-refractivity contribution in [3.05, 3.63) is 52.0 Å². The minimum absolute atomic E-state index is 0.0590. The van der Waals surface area contributed by atoms with E-state index in [9.17, 15) is 29.1 Å². The second-order valence-electron chi connectivity index (χ2n) is 16.5. The maximum atomic E-state index is 15.1.